The van der Waals surface area contributed by atoms with E-state index in [2.05, 4.69) is 4.99 Å². The molecule has 0 radical (unpaired) electrons. The molecule has 1 rings (SSSR count). The number of hydrogen-bond acceptors (Lipinski definition) is 3. The number of phenolic OH excluding ortho intramolecular Hbond substituents is 1. The normalized spacial score (nSPS) is 13.1. The largest absolute Gasteiger partial charge is 0.507 e. The zero-order valence-corrected chi connectivity index (χ0v) is 10.00. The molecule has 17 heavy (non-hydrogen) atoms. The average Bonchev–Trinajstić information content (AvgIpc) is 2.25. The Kier molecular flexibility index (Phi) is 4.69. The number of carboxylic acids is 1. The molecule has 1 aromatic carbocycles. The number of phenols is 1. The van der Waals surface area contributed by atoms with Gasteiger partial charge in [0.05, 0.1) is 0 Å². The van der Waals surface area contributed by atoms with Gasteiger partial charge in [-0.1, -0.05) is 26.0 Å². The number of carbonyl (C=O) groups is 1. The average molecular weight is 235 g/mol. The van der Waals surface area contributed by atoms with E-state index in [4.69, 9.17) is 5.11 Å². The molecule has 0 heterocycles. The molecular weight excluding hydrogens is 218 g/mol. The fourth-order valence-corrected chi connectivity index (χ4v) is 1.44. The van der Waals surface area contributed by atoms with Crippen LogP contribution in [0, 0.1) is 5.92 Å². The van der Waals surface area contributed by atoms with Gasteiger partial charge in [0.15, 0.2) is 0 Å². The lowest BCUT2D eigenvalue weighted by molar-refractivity contribution is -0.138. The Bertz CT molecular complexity index is 413. The fourth-order valence-electron chi connectivity index (χ4n) is 1.44. The molecule has 0 saturated carbocycles. The van der Waals surface area contributed by atoms with Crippen molar-refractivity contribution in [3.05, 3.63) is 29.8 Å². The second-order valence-corrected chi connectivity index (χ2v) is 4.32. The van der Waals surface area contributed by atoms with Crippen molar-refractivity contribution in [1.82, 2.24) is 0 Å². The lowest BCUT2D eigenvalue weighted by atomic mass is 10.0. The maximum Gasteiger partial charge on any atom is 0.328 e. The molecule has 2 N–H and O–H groups in total. The fraction of sp³-hybridized carbons (Fsp3) is 0.385. The molecule has 0 aliphatic carbocycles. The lowest BCUT2D eigenvalue weighted by Crippen LogP contribution is -2.20. The minimum absolute atomic E-state index is 0.102. The third kappa shape index (κ3) is 4.26. The van der Waals surface area contributed by atoms with Gasteiger partial charge >= 0.3 is 5.97 Å². The van der Waals surface area contributed by atoms with E-state index in [1.54, 1.807) is 24.3 Å². The molecule has 92 valence electrons. The van der Waals surface area contributed by atoms with Crippen LogP contribution in [0.3, 0.4) is 0 Å². The van der Waals surface area contributed by atoms with Crippen molar-refractivity contribution in [3.8, 4) is 5.75 Å². The van der Waals surface area contributed by atoms with Crippen molar-refractivity contribution in [1.29, 1.82) is 0 Å². The highest BCUT2D eigenvalue weighted by Crippen LogP contribution is 2.14. The van der Waals surface area contributed by atoms with Gasteiger partial charge in [0.1, 0.15) is 11.8 Å². The van der Waals surface area contributed by atoms with Gasteiger partial charge < -0.3 is 10.2 Å². The zero-order chi connectivity index (χ0) is 12.8. The molecule has 4 heteroatoms. The summed E-state index contributed by atoms with van der Waals surface area (Å²) in [7, 11) is 0. The van der Waals surface area contributed by atoms with Crippen molar-refractivity contribution >= 4 is 12.2 Å². The molecule has 0 spiro atoms. The highest BCUT2D eigenvalue weighted by molar-refractivity contribution is 5.85. The van der Waals surface area contributed by atoms with E-state index in [0.717, 1.165) is 0 Å². The lowest BCUT2D eigenvalue weighted by Gasteiger charge is -2.09. The van der Waals surface area contributed by atoms with Crippen LogP contribution >= 0.6 is 0 Å². The molecule has 0 saturated heterocycles. The molecule has 0 fully saturated rings. The second kappa shape index (κ2) is 6.03. The van der Waals surface area contributed by atoms with Gasteiger partial charge in [-0.2, -0.15) is 0 Å². The van der Waals surface area contributed by atoms with Gasteiger partial charge in [0, 0.05) is 11.8 Å². The third-order valence-electron chi connectivity index (χ3n) is 2.31. The Balaban J connectivity index is 2.80. The Morgan fingerprint density at radius 1 is 1.41 bits per heavy atom. The summed E-state index contributed by atoms with van der Waals surface area (Å²) in [5.41, 5.74) is 0.530. The Morgan fingerprint density at radius 2 is 2.06 bits per heavy atom. The van der Waals surface area contributed by atoms with Gasteiger partial charge in [-0.3, -0.25) is 4.99 Å². The number of para-hydroxylation sites is 1. The van der Waals surface area contributed by atoms with Crippen LogP contribution in [0.15, 0.2) is 29.3 Å². The van der Waals surface area contributed by atoms with E-state index in [9.17, 15) is 9.90 Å². The van der Waals surface area contributed by atoms with E-state index < -0.39 is 12.0 Å². The first-order chi connectivity index (χ1) is 8.00. The van der Waals surface area contributed by atoms with Crippen LogP contribution in [-0.2, 0) is 4.79 Å². The molecule has 0 aromatic heterocycles. The van der Waals surface area contributed by atoms with Crippen molar-refractivity contribution < 1.29 is 15.0 Å². The smallest absolute Gasteiger partial charge is 0.328 e. The number of nitrogens with zero attached hydrogens (tertiary/aromatic N) is 1. The van der Waals surface area contributed by atoms with E-state index in [1.165, 1.54) is 6.21 Å². The first-order valence-corrected chi connectivity index (χ1v) is 5.54. The van der Waals surface area contributed by atoms with Crippen LogP contribution in [0.4, 0.5) is 0 Å². The first kappa shape index (κ1) is 13.2. The van der Waals surface area contributed by atoms with Gasteiger partial charge in [-0.25, -0.2) is 4.79 Å². The number of aromatic hydroxyl groups is 1. The van der Waals surface area contributed by atoms with Crippen molar-refractivity contribution in [3.63, 3.8) is 0 Å². The predicted molar refractivity (Wildman–Crippen MR) is 66.6 cm³/mol. The summed E-state index contributed by atoms with van der Waals surface area (Å²) in [5, 5.41) is 18.5. The minimum atomic E-state index is -0.939. The van der Waals surface area contributed by atoms with Gasteiger partial charge in [-0.15, -0.1) is 0 Å². The van der Waals surface area contributed by atoms with Crippen LogP contribution in [-0.4, -0.2) is 28.4 Å². The Labute approximate surface area is 101 Å². The Hall–Kier alpha value is -1.84. The van der Waals surface area contributed by atoms with E-state index in [-0.39, 0.29) is 11.7 Å². The minimum Gasteiger partial charge on any atom is -0.507 e. The van der Waals surface area contributed by atoms with Gasteiger partial charge in [0.25, 0.3) is 0 Å². The summed E-state index contributed by atoms with van der Waals surface area (Å²) in [5.74, 6) is -0.576. The van der Waals surface area contributed by atoms with Crippen LogP contribution in [0.5, 0.6) is 5.75 Å². The number of aliphatic imine (C=N–C) groups is 1. The summed E-state index contributed by atoms with van der Waals surface area (Å²) in [6.07, 6.45) is 1.90. The summed E-state index contributed by atoms with van der Waals surface area (Å²) >= 11 is 0. The maximum atomic E-state index is 11.0. The monoisotopic (exact) mass is 235 g/mol. The molecule has 0 aliphatic heterocycles. The van der Waals surface area contributed by atoms with Crippen LogP contribution in [0.25, 0.3) is 0 Å². The second-order valence-electron chi connectivity index (χ2n) is 4.32. The Morgan fingerprint density at radius 3 is 2.59 bits per heavy atom. The topological polar surface area (TPSA) is 69.9 Å². The van der Waals surface area contributed by atoms with E-state index in [0.29, 0.717) is 12.0 Å². The van der Waals surface area contributed by atoms with E-state index >= 15 is 0 Å². The number of aliphatic carboxylic acids is 1. The van der Waals surface area contributed by atoms with Crippen LogP contribution < -0.4 is 0 Å². The standard InChI is InChI=1S/C13H17NO3/c1-9(2)7-11(13(16)17)14-8-10-5-3-4-6-12(10)15/h3-6,8-9,11,15H,7H2,1-2H3,(H,16,17)/b14-8+. The third-order valence-corrected chi connectivity index (χ3v) is 2.31. The SMILES string of the molecule is CC(C)CC(/N=C/c1ccccc1O)C(=O)O. The highest BCUT2D eigenvalue weighted by Gasteiger charge is 2.16. The first-order valence-electron chi connectivity index (χ1n) is 5.54. The molecule has 1 unspecified atom stereocenters. The molecule has 1 aromatic rings. The molecule has 0 bridgehead atoms. The summed E-state index contributed by atoms with van der Waals surface area (Å²) < 4.78 is 0. The van der Waals surface area contributed by atoms with Crippen LogP contribution in [0.2, 0.25) is 0 Å². The number of rotatable bonds is 5. The molecule has 4 nitrogen and oxygen atoms in total. The number of benzene rings is 1. The van der Waals surface area contributed by atoms with Gasteiger partial charge in [0.2, 0.25) is 0 Å². The molecular formula is C13H17NO3. The summed E-state index contributed by atoms with van der Waals surface area (Å²) in [6.45, 7) is 3.90. The highest BCUT2D eigenvalue weighted by atomic mass is 16.4. The molecule has 0 aliphatic rings. The van der Waals surface area contributed by atoms with Crippen LogP contribution in [0.1, 0.15) is 25.8 Å². The maximum absolute atomic E-state index is 11.0. The van der Waals surface area contributed by atoms with E-state index in [1.807, 2.05) is 13.8 Å². The van der Waals surface area contributed by atoms with Crippen molar-refractivity contribution in [2.45, 2.75) is 26.3 Å². The quantitative estimate of drug-likeness (QED) is 0.769. The van der Waals surface area contributed by atoms with Crippen molar-refractivity contribution in [2.75, 3.05) is 0 Å². The number of carboxylic acid groups (broad SMARTS) is 1. The predicted octanol–water partition coefficient (Wildman–Crippen LogP) is 2.31. The molecule has 1 atom stereocenters. The number of hydrogen-bond donors (Lipinski definition) is 2. The summed E-state index contributed by atoms with van der Waals surface area (Å²) in [4.78, 5) is 15.0. The summed E-state index contributed by atoms with van der Waals surface area (Å²) in [6, 6.07) is 5.94. The molecule has 0 amide bonds. The zero-order valence-electron chi connectivity index (χ0n) is 10.00. The van der Waals surface area contributed by atoms with Gasteiger partial charge in [-0.05, 0) is 24.5 Å². The van der Waals surface area contributed by atoms with Crippen molar-refractivity contribution in [2.24, 2.45) is 10.9 Å².